The Morgan fingerprint density at radius 3 is 2.72 bits per heavy atom. The van der Waals surface area contributed by atoms with Crippen molar-refractivity contribution in [1.82, 2.24) is 0 Å². The highest BCUT2D eigenvalue weighted by Gasteiger charge is 2.34. The van der Waals surface area contributed by atoms with Gasteiger partial charge < -0.3 is 5.32 Å². The van der Waals surface area contributed by atoms with Gasteiger partial charge in [0.05, 0.1) is 5.56 Å². The smallest absolute Gasteiger partial charge is 0.256 e. The first-order chi connectivity index (χ1) is 12.0. The molecule has 0 spiro atoms. The molecule has 25 heavy (non-hydrogen) atoms. The maximum absolute atomic E-state index is 12.5. The molecule has 1 aliphatic carbocycles. The Morgan fingerprint density at radius 2 is 2.08 bits per heavy atom. The summed E-state index contributed by atoms with van der Waals surface area (Å²) in [5.74, 6) is 0.481. The van der Waals surface area contributed by atoms with Gasteiger partial charge in [-0.05, 0) is 48.3 Å². The lowest BCUT2D eigenvalue weighted by atomic mass is 9.69. The van der Waals surface area contributed by atoms with Crippen LogP contribution in [0, 0.1) is 22.7 Å². The molecule has 1 aromatic heterocycles. The predicted molar refractivity (Wildman–Crippen MR) is 103 cm³/mol. The Labute approximate surface area is 153 Å². The third kappa shape index (κ3) is 3.48. The van der Waals surface area contributed by atoms with E-state index in [1.807, 2.05) is 18.2 Å². The molecule has 0 radical (unpaired) electrons. The second kappa shape index (κ2) is 7.01. The minimum absolute atomic E-state index is 0.152. The molecule has 130 valence electrons. The van der Waals surface area contributed by atoms with Crippen molar-refractivity contribution in [2.45, 2.75) is 46.5 Å². The van der Waals surface area contributed by atoms with Crippen LogP contribution in [0.5, 0.6) is 0 Å². The van der Waals surface area contributed by atoms with Gasteiger partial charge in [0.1, 0.15) is 11.1 Å². The van der Waals surface area contributed by atoms with E-state index in [1.165, 1.54) is 4.88 Å². The van der Waals surface area contributed by atoms with Gasteiger partial charge in [0.2, 0.25) is 0 Å². The van der Waals surface area contributed by atoms with Gasteiger partial charge in [0.15, 0.2) is 0 Å². The van der Waals surface area contributed by atoms with Crippen LogP contribution in [0.4, 0.5) is 5.00 Å². The number of hydrogen-bond donors (Lipinski definition) is 1. The summed E-state index contributed by atoms with van der Waals surface area (Å²) in [5, 5.41) is 13.3. The molecular formula is C21H24N2OS. The highest BCUT2D eigenvalue weighted by atomic mass is 32.1. The zero-order chi connectivity index (χ0) is 18.0. The first-order valence-electron chi connectivity index (χ1n) is 8.87. The van der Waals surface area contributed by atoms with E-state index in [4.69, 9.17) is 0 Å². The number of hydrogen-bond acceptors (Lipinski definition) is 3. The van der Waals surface area contributed by atoms with E-state index in [9.17, 15) is 10.1 Å². The minimum Gasteiger partial charge on any atom is -0.312 e. The van der Waals surface area contributed by atoms with E-state index in [0.29, 0.717) is 27.5 Å². The van der Waals surface area contributed by atoms with E-state index in [1.54, 1.807) is 23.5 Å². The molecule has 1 aromatic carbocycles. The van der Waals surface area contributed by atoms with E-state index < -0.39 is 0 Å². The molecule has 1 aliphatic rings. The Morgan fingerprint density at radius 1 is 1.36 bits per heavy atom. The summed E-state index contributed by atoms with van der Waals surface area (Å²) >= 11 is 1.59. The van der Waals surface area contributed by atoms with Crippen LogP contribution in [0.15, 0.2) is 30.3 Å². The van der Waals surface area contributed by atoms with Crippen molar-refractivity contribution >= 4 is 22.2 Å². The van der Waals surface area contributed by atoms with Gasteiger partial charge in [-0.1, -0.05) is 45.4 Å². The summed E-state index contributed by atoms with van der Waals surface area (Å²) in [4.78, 5) is 13.7. The molecule has 1 amide bonds. The number of carbonyl (C=O) groups is 1. The SMILES string of the molecule is CCC(C)(C)C1CCc2c(sc(NC(=O)c3ccccc3)c2C#N)C1. The number of nitrogens with zero attached hydrogens (tertiary/aromatic N) is 1. The Bertz CT molecular complexity index is 814. The number of benzene rings is 1. The van der Waals surface area contributed by atoms with Crippen molar-refractivity contribution in [3.05, 3.63) is 51.9 Å². The van der Waals surface area contributed by atoms with Crippen LogP contribution in [-0.4, -0.2) is 5.91 Å². The fourth-order valence-corrected chi connectivity index (χ4v) is 4.79. The molecule has 2 aromatic rings. The van der Waals surface area contributed by atoms with E-state index in [2.05, 4.69) is 32.2 Å². The molecule has 3 rings (SSSR count). The van der Waals surface area contributed by atoms with Crippen molar-refractivity contribution in [2.75, 3.05) is 5.32 Å². The summed E-state index contributed by atoms with van der Waals surface area (Å²) in [6.45, 7) is 6.91. The average molecular weight is 353 g/mol. The standard InChI is InChI=1S/C21H24N2OS/c1-4-21(2,3)15-10-11-16-17(13-22)20(25-18(16)12-15)23-19(24)14-8-6-5-7-9-14/h5-9,15H,4,10-12H2,1-3H3,(H,23,24). The molecule has 1 unspecified atom stereocenters. The third-order valence-electron chi connectivity index (χ3n) is 5.66. The first kappa shape index (κ1) is 17.7. The van der Waals surface area contributed by atoms with Crippen LogP contribution < -0.4 is 5.32 Å². The maximum atomic E-state index is 12.5. The quantitative estimate of drug-likeness (QED) is 0.799. The fraction of sp³-hybridized carbons (Fsp3) is 0.429. The number of carbonyl (C=O) groups excluding carboxylic acids is 1. The van der Waals surface area contributed by atoms with Crippen LogP contribution >= 0.6 is 11.3 Å². The normalized spacial score (nSPS) is 16.8. The van der Waals surface area contributed by atoms with Gasteiger partial charge in [-0.3, -0.25) is 4.79 Å². The van der Waals surface area contributed by atoms with Gasteiger partial charge in [0, 0.05) is 10.4 Å². The maximum Gasteiger partial charge on any atom is 0.256 e. The summed E-state index contributed by atoms with van der Waals surface area (Å²) in [7, 11) is 0. The van der Waals surface area contributed by atoms with Crippen molar-refractivity contribution in [1.29, 1.82) is 5.26 Å². The topological polar surface area (TPSA) is 52.9 Å². The van der Waals surface area contributed by atoms with Crippen LogP contribution in [0.2, 0.25) is 0 Å². The van der Waals surface area contributed by atoms with Gasteiger partial charge in [-0.25, -0.2) is 0 Å². The number of nitrogens with one attached hydrogen (secondary N) is 1. The summed E-state index contributed by atoms with van der Waals surface area (Å²) in [6.07, 6.45) is 4.22. The lowest BCUT2D eigenvalue weighted by Crippen LogP contribution is -2.28. The molecule has 0 bridgehead atoms. The lowest BCUT2D eigenvalue weighted by Gasteiger charge is -2.36. The van der Waals surface area contributed by atoms with Crippen molar-refractivity contribution in [3.63, 3.8) is 0 Å². The third-order valence-corrected chi connectivity index (χ3v) is 6.83. The van der Waals surface area contributed by atoms with Gasteiger partial charge >= 0.3 is 0 Å². The average Bonchev–Trinajstić information content (AvgIpc) is 2.98. The zero-order valence-corrected chi connectivity index (χ0v) is 15.9. The van der Waals surface area contributed by atoms with E-state index >= 15 is 0 Å². The van der Waals surface area contributed by atoms with Gasteiger partial charge in [-0.15, -0.1) is 11.3 Å². The summed E-state index contributed by atoms with van der Waals surface area (Å²) < 4.78 is 0. The van der Waals surface area contributed by atoms with Gasteiger partial charge in [-0.2, -0.15) is 5.26 Å². The number of amides is 1. The molecule has 4 heteroatoms. The van der Waals surface area contributed by atoms with Gasteiger partial charge in [0.25, 0.3) is 5.91 Å². The monoisotopic (exact) mass is 352 g/mol. The second-order valence-corrected chi connectivity index (χ2v) is 8.53. The molecular weight excluding hydrogens is 328 g/mol. The molecule has 0 fully saturated rings. The Hall–Kier alpha value is -2.12. The second-order valence-electron chi connectivity index (χ2n) is 7.42. The Balaban J connectivity index is 1.86. The summed E-state index contributed by atoms with van der Waals surface area (Å²) in [5.41, 5.74) is 2.74. The first-order valence-corrected chi connectivity index (χ1v) is 9.69. The number of anilines is 1. The zero-order valence-electron chi connectivity index (χ0n) is 15.1. The molecule has 1 atom stereocenters. The number of fused-ring (bicyclic) bond motifs is 1. The summed E-state index contributed by atoms with van der Waals surface area (Å²) in [6, 6.07) is 11.5. The molecule has 0 aliphatic heterocycles. The van der Waals surface area contributed by atoms with Crippen LogP contribution in [0.1, 0.15) is 60.0 Å². The molecule has 3 nitrogen and oxygen atoms in total. The molecule has 1 heterocycles. The van der Waals surface area contributed by atoms with Crippen molar-refractivity contribution in [2.24, 2.45) is 11.3 Å². The highest BCUT2D eigenvalue weighted by molar-refractivity contribution is 7.16. The molecule has 0 saturated heterocycles. The number of nitriles is 1. The fourth-order valence-electron chi connectivity index (χ4n) is 3.51. The number of thiophene rings is 1. The molecule has 1 N–H and O–H groups in total. The predicted octanol–water partition coefficient (Wildman–Crippen LogP) is 5.41. The highest BCUT2D eigenvalue weighted by Crippen LogP contribution is 2.45. The van der Waals surface area contributed by atoms with Crippen LogP contribution in [0.25, 0.3) is 0 Å². The largest absolute Gasteiger partial charge is 0.312 e. The van der Waals surface area contributed by atoms with Crippen molar-refractivity contribution in [3.8, 4) is 6.07 Å². The molecule has 0 saturated carbocycles. The van der Waals surface area contributed by atoms with E-state index in [-0.39, 0.29) is 5.91 Å². The van der Waals surface area contributed by atoms with E-state index in [0.717, 1.165) is 31.2 Å². The van der Waals surface area contributed by atoms with Crippen LogP contribution in [0.3, 0.4) is 0 Å². The number of rotatable bonds is 4. The minimum atomic E-state index is -0.152. The lowest BCUT2D eigenvalue weighted by molar-refractivity contribution is 0.102. The Kier molecular flexibility index (Phi) is 4.96. The van der Waals surface area contributed by atoms with Crippen LogP contribution in [-0.2, 0) is 12.8 Å². The van der Waals surface area contributed by atoms with Crippen molar-refractivity contribution < 1.29 is 4.79 Å².